The third-order valence-corrected chi connectivity index (χ3v) is 3.58. The molecule has 0 aliphatic heterocycles. The predicted molar refractivity (Wildman–Crippen MR) is 55.9 cm³/mol. The molecule has 0 aliphatic rings. The van der Waals surface area contributed by atoms with E-state index in [1.807, 2.05) is 0 Å². The van der Waals surface area contributed by atoms with Crippen LogP contribution in [0.1, 0.15) is 0 Å². The van der Waals surface area contributed by atoms with E-state index in [0.717, 1.165) is 0 Å². The number of hydrogen-bond acceptors (Lipinski definition) is 6. The molecular formula is C7H14N4O4S. The van der Waals surface area contributed by atoms with Crippen molar-refractivity contribution in [2.24, 2.45) is 7.05 Å². The highest BCUT2D eigenvalue weighted by molar-refractivity contribution is 7.89. The molecule has 5 N–H and O–H groups in total. The van der Waals surface area contributed by atoms with E-state index in [0.29, 0.717) is 0 Å². The summed E-state index contributed by atoms with van der Waals surface area (Å²) in [7, 11) is -2.42. The summed E-state index contributed by atoms with van der Waals surface area (Å²) in [5.41, 5.74) is 5.41. The Morgan fingerprint density at radius 2 is 2.12 bits per heavy atom. The van der Waals surface area contributed by atoms with Crippen LogP contribution in [0.2, 0.25) is 0 Å². The van der Waals surface area contributed by atoms with E-state index in [-0.39, 0.29) is 10.8 Å². The van der Waals surface area contributed by atoms with E-state index < -0.39 is 29.3 Å². The first-order valence-corrected chi connectivity index (χ1v) is 5.91. The highest BCUT2D eigenvalue weighted by Gasteiger charge is 2.25. The Balaban J connectivity index is 3.03. The second-order valence-corrected chi connectivity index (χ2v) is 4.86. The van der Waals surface area contributed by atoms with Crippen LogP contribution in [-0.2, 0) is 17.1 Å². The number of sulfonamides is 1. The van der Waals surface area contributed by atoms with Crippen LogP contribution in [0.15, 0.2) is 11.4 Å². The van der Waals surface area contributed by atoms with Gasteiger partial charge in [-0.25, -0.2) is 18.1 Å². The summed E-state index contributed by atoms with van der Waals surface area (Å²) < 4.78 is 26.9. The van der Waals surface area contributed by atoms with Crippen molar-refractivity contribution in [3.63, 3.8) is 0 Å². The van der Waals surface area contributed by atoms with Gasteiger partial charge in [0.05, 0.1) is 25.6 Å². The van der Waals surface area contributed by atoms with Crippen molar-refractivity contribution in [2.75, 3.05) is 18.9 Å². The van der Waals surface area contributed by atoms with Crippen molar-refractivity contribution in [2.45, 2.75) is 11.1 Å². The minimum absolute atomic E-state index is 0.135. The van der Waals surface area contributed by atoms with Crippen LogP contribution in [0, 0.1) is 0 Å². The molecule has 0 saturated carbocycles. The molecule has 1 aromatic heterocycles. The summed E-state index contributed by atoms with van der Waals surface area (Å²) in [6, 6.07) is -0.959. The Labute approximate surface area is 92.8 Å². The van der Waals surface area contributed by atoms with Gasteiger partial charge in [-0.15, -0.1) is 0 Å². The Morgan fingerprint density at radius 3 is 2.50 bits per heavy atom. The van der Waals surface area contributed by atoms with Crippen molar-refractivity contribution in [1.82, 2.24) is 14.3 Å². The quantitative estimate of drug-likeness (QED) is 0.462. The second kappa shape index (κ2) is 4.78. The van der Waals surface area contributed by atoms with Gasteiger partial charge < -0.3 is 20.5 Å². The number of aliphatic hydroxyl groups is 2. The van der Waals surface area contributed by atoms with E-state index in [9.17, 15) is 8.42 Å². The van der Waals surface area contributed by atoms with E-state index in [1.165, 1.54) is 17.9 Å². The fourth-order valence-corrected chi connectivity index (χ4v) is 2.63. The topological polar surface area (TPSA) is 130 Å². The molecule has 0 unspecified atom stereocenters. The summed E-state index contributed by atoms with van der Waals surface area (Å²) in [4.78, 5) is 3.64. The Kier molecular flexibility index (Phi) is 3.86. The van der Waals surface area contributed by atoms with Gasteiger partial charge in [0.2, 0.25) is 0 Å². The number of rotatable bonds is 5. The number of aryl methyl sites for hydroxylation is 1. The molecule has 16 heavy (non-hydrogen) atoms. The van der Waals surface area contributed by atoms with Crippen LogP contribution in [0.3, 0.4) is 0 Å². The predicted octanol–water partition coefficient (Wildman–Crippen LogP) is -2.37. The number of hydrogen-bond donors (Lipinski definition) is 4. The van der Waals surface area contributed by atoms with Crippen molar-refractivity contribution < 1.29 is 18.6 Å². The maximum absolute atomic E-state index is 11.8. The molecule has 0 amide bonds. The summed E-state index contributed by atoms with van der Waals surface area (Å²) in [6.07, 6.45) is 1.26. The lowest BCUT2D eigenvalue weighted by molar-refractivity contribution is 0.185. The van der Waals surface area contributed by atoms with Gasteiger partial charge in [-0.05, 0) is 0 Å². The van der Waals surface area contributed by atoms with Crippen molar-refractivity contribution in [3.05, 3.63) is 6.33 Å². The maximum atomic E-state index is 11.8. The third kappa shape index (κ3) is 2.50. The molecule has 1 heterocycles. The van der Waals surface area contributed by atoms with Gasteiger partial charge in [0, 0.05) is 7.05 Å². The Hall–Kier alpha value is -1.16. The van der Waals surface area contributed by atoms with Crippen LogP contribution in [-0.4, -0.2) is 47.4 Å². The van der Waals surface area contributed by atoms with E-state index in [1.54, 1.807) is 0 Å². The van der Waals surface area contributed by atoms with Crippen molar-refractivity contribution >= 4 is 15.8 Å². The molecule has 0 saturated heterocycles. The molecule has 1 rings (SSSR count). The van der Waals surface area contributed by atoms with Crippen LogP contribution in [0.5, 0.6) is 0 Å². The smallest absolute Gasteiger partial charge is 0.260 e. The minimum Gasteiger partial charge on any atom is -0.395 e. The van der Waals surface area contributed by atoms with Gasteiger partial charge in [0.15, 0.2) is 10.8 Å². The number of imidazole rings is 1. The number of nitrogen functional groups attached to an aromatic ring is 1. The summed E-state index contributed by atoms with van der Waals surface area (Å²) >= 11 is 0. The zero-order chi connectivity index (χ0) is 12.3. The molecule has 0 radical (unpaired) electrons. The lowest BCUT2D eigenvalue weighted by Gasteiger charge is -2.14. The molecule has 0 aromatic carbocycles. The molecule has 0 atom stereocenters. The third-order valence-electron chi connectivity index (χ3n) is 1.93. The van der Waals surface area contributed by atoms with E-state index >= 15 is 0 Å². The van der Waals surface area contributed by atoms with Crippen LogP contribution >= 0.6 is 0 Å². The highest BCUT2D eigenvalue weighted by atomic mass is 32.2. The molecule has 92 valence electrons. The minimum atomic E-state index is -3.90. The lowest BCUT2D eigenvalue weighted by atomic mass is 10.4. The molecule has 8 nitrogen and oxygen atoms in total. The molecule has 0 bridgehead atoms. The fraction of sp³-hybridized carbons (Fsp3) is 0.571. The molecule has 0 fully saturated rings. The van der Waals surface area contributed by atoms with Gasteiger partial charge >= 0.3 is 0 Å². The number of anilines is 1. The van der Waals surface area contributed by atoms with Crippen molar-refractivity contribution in [3.8, 4) is 0 Å². The van der Waals surface area contributed by atoms with E-state index in [2.05, 4.69) is 9.71 Å². The summed E-state index contributed by atoms with van der Waals surface area (Å²) in [5, 5.41) is 17.4. The molecule has 1 aromatic rings. The SMILES string of the molecule is Cn1cnc(N)c1S(=O)(=O)NC(CO)CO. The van der Waals surface area contributed by atoms with Crippen LogP contribution in [0.25, 0.3) is 0 Å². The monoisotopic (exact) mass is 250 g/mol. The number of aliphatic hydroxyl groups excluding tert-OH is 2. The zero-order valence-electron chi connectivity index (χ0n) is 8.66. The summed E-state index contributed by atoms with van der Waals surface area (Å²) in [5.74, 6) is -0.135. The van der Waals surface area contributed by atoms with Crippen LogP contribution in [0.4, 0.5) is 5.82 Å². The van der Waals surface area contributed by atoms with Gasteiger partial charge in [0.25, 0.3) is 10.0 Å². The average molecular weight is 250 g/mol. The van der Waals surface area contributed by atoms with Crippen LogP contribution < -0.4 is 10.5 Å². The number of nitrogens with zero attached hydrogens (tertiary/aromatic N) is 2. The standard InChI is InChI=1S/C7H14N4O4S/c1-11-4-9-6(8)7(11)16(14,15)10-5(2-12)3-13/h4-5,10,12-13H,2-3,8H2,1H3. The largest absolute Gasteiger partial charge is 0.395 e. The first-order valence-electron chi connectivity index (χ1n) is 4.43. The summed E-state index contributed by atoms with van der Waals surface area (Å²) in [6.45, 7) is -1.01. The molecular weight excluding hydrogens is 236 g/mol. The molecule has 0 spiro atoms. The zero-order valence-corrected chi connectivity index (χ0v) is 9.48. The van der Waals surface area contributed by atoms with Crippen molar-refractivity contribution in [1.29, 1.82) is 0 Å². The first kappa shape index (κ1) is 12.9. The number of nitrogens with one attached hydrogen (secondary N) is 1. The second-order valence-electron chi connectivity index (χ2n) is 3.23. The van der Waals surface area contributed by atoms with E-state index in [4.69, 9.17) is 15.9 Å². The first-order chi connectivity index (χ1) is 7.42. The Bertz CT molecular complexity index is 431. The number of aromatic nitrogens is 2. The average Bonchev–Trinajstić information content (AvgIpc) is 2.55. The van der Waals surface area contributed by atoms with Gasteiger partial charge in [-0.3, -0.25) is 0 Å². The highest BCUT2D eigenvalue weighted by Crippen LogP contribution is 2.15. The normalized spacial score (nSPS) is 12.2. The van der Waals surface area contributed by atoms with Gasteiger partial charge in [-0.2, -0.15) is 0 Å². The van der Waals surface area contributed by atoms with Gasteiger partial charge in [0.1, 0.15) is 0 Å². The Morgan fingerprint density at radius 1 is 1.56 bits per heavy atom. The van der Waals surface area contributed by atoms with Gasteiger partial charge in [-0.1, -0.05) is 0 Å². The fourth-order valence-electron chi connectivity index (χ4n) is 1.17. The number of nitrogens with two attached hydrogens (primary N) is 1. The maximum Gasteiger partial charge on any atom is 0.260 e. The lowest BCUT2D eigenvalue weighted by Crippen LogP contribution is -2.40. The molecule has 9 heteroatoms. The molecule has 0 aliphatic carbocycles.